The van der Waals surface area contributed by atoms with E-state index in [0.29, 0.717) is 11.6 Å². The van der Waals surface area contributed by atoms with Crippen molar-refractivity contribution in [1.82, 2.24) is 4.57 Å². The van der Waals surface area contributed by atoms with Crippen molar-refractivity contribution in [3.05, 3.63) is 42.6 Å². The van der Waals surface area contributed by atoms with E-state index >= 15 is 0 Å². The second-order valence-electron chi connectivity index (χ2n) is 4.60. The van der Waals surface area contributed by atoms with Gasteiger partial charge in [0.2, 0.25) is 5.91 Å². The molecule has 3 heteroatoms. The van der Waals surface area contributed by atoms with Gasteiger partial charge in [-0.15, -0.1) is 0 Å². The van der Waals surface area contributed by atoms with E-state index in [4.69, 9.17) is 5.73 Å². The molecule has 1 heterocycles. The molecule has 0 aliphatic rings. The highest BCUT2D eigenvalue weighted by Crippen LogP contribution is 2.25. The van der Waals surface area contributed by atoms with Gasteiger partial charge in [0.25, 0.3) is 0 Å². The maximum atomic E-state index is 11.1. The van der Waals surface area contributed by atoms with Crippen LogP contribution in [-0.4, -0.2) is 10.5 Å². The van der Waals surface area contributed by atoms with E-state index in [-0.39, 0.29) is 0 Å². The van der Waals surface area contributed by atoms with Gasteiger partial charge in [-0.25, -0.2) is 0 Å². The Kier molecular flexibility index (Phi) is 3.24. The number of nitrogens with two attached hydrogens (primary N) is 1. The molecule has 2 rings (SSSR count). The summed E-state index contributed by atoms with van der Waals surface area (Å²) in [5.41, 5.74) is 7.56. The summed E-state index contributed by atoms with van der Waals surface area (Å²) in [5.74, 6) is -0.476. The molecule has 0 saturated heterocycles. The largest absolute Gasteiger partial charge is 0.366 e. The molecule has 0 aliphatic heterocycles. The van der Waals surface area contributed by atoms with E-state index in [1.807, 2.05) is 18.2 Å². The van der Waals surface area contributed by atoms with Crippen LogP contribution in [0.2, 0.25) is 0 Å². The molecule has 0 spiro atoms. The van der Waals surface area contributed by atoms with Gasteiger partial charge >= 0.3 is 0 Å². The van der Waals surface area contributed by atoms with Crippen LogP contribution in [-0.2, 0) is 4.79 Å². The Labute approximate surface area is 107 Å². The molecule has 1 amide bonds. The summed E-state index contributed by atoms with van der Waals surface area (Å²) < 4.78 is 2.24. The summed E-state index contributed by atoms with van der Waals surface area (Å²) in [7, 11) is 0. The number of nitrogens with zero attached hydrogens (tertiary/aromatic N) is 1. The minimum Gasteiger partial charge on any atom is -0.366 e. The van der Waals surface area contributed by atoms with Crippen LogP contribution in [0.1, 0.15) is 31.9 Å². The maximum absolute atomic E-state index is 11.1. The molecule has 1 atom stereocenters. The Morgan fingerprint density at radius 1 is 1.44 bits per heavy atom. The van der Waals surface area contributed by atoms with Crippen molar-refractivity contribution >= 4 is 22.4 Å². The third-order valence-corrected chi connectivity index (χ3v) is 3.43. The van der Waals surface area contributed by atoms with Crippen LogP contribution in [0.25, 0.3) is 16.5 Å². The van der Waals surface area contributed by atoms with E-state index in [1.165, 1.54) is 5.52 Å². The molecule has 0 fully saturated rings. The predicted octanol–water partition coefficient (Wildman–Crippen LogP) is 3.11. The molecular weight excluding hydrogens is 224 g/mol. The second kappa shape index (κ2) is 4.69. The maximum Gasteiger partial charge on any atom is 0.248 e. The van der Waals surface area contributed by atoms with Gasteiger partial charge in [0.05, 0.1) is 0 Å². The first-order chi connectivity index (χ1) is 8.54. The molecular formula is C15H18N2O. The number of amides is 1. The number of hydrogen-bond donors (Lipinski definition) is 1. The van der Waals surface area contributed by atoms with Crippen molar-refractivity contribution < 1.29 is 4.79 Å². The van der Waals surface area contributed by atoms with Gasteiger partial charge in [0, 0.05) is 28.7 Å². The predicted molar refractivity (Wildman–Crippen MR) is 75.2 cm³/mol. The van der Waals surface area contributed by atoms with Crippen molar-refractivity contribution in [2.45, 2.75) is 26.3 Å². The first-order valence-corrected chi connectivity index (χ1v) is 6.14. The average Bonchev–Trinajstić information content (AvgIpc) is 2.79. The van der Waals surface area contributed by atoms with Crippen molar-refractivity contribution in [1.29, 1.82) is 0 Å². The lowest BCUT2D eigenvalue weighted by molar-refractivity contribution is -0.112. The van der Waals surface area contributed by atoms with E-state index in [0.717, 1.165) is 17.4 Å². The number of carbonyl (C=O) groups excluding carboxylic acids is 1. The summed E-state index contributed by atoms with van der Waals surface area (Å²) in [6, 6.07) is 8.40. The lowest BCUT2D eigenvalue weighted by Crippen LogP contribution is -2.11. The summed E-state index contributed by atoms with van der Waals surface area (Å²) in [5, 5.41) is 1.11. The SMILES string of the molecule is C=C(C(N)=O)c1ccc2c(ccn2C(C)CC)c1. The molecule has 1 unspecified atom stereocenters. The second-order valence-corrected chi connectivity index (χ2v) is 4.60. The fraction of sp³-hybridized carbons (Fsp3) is 0.267. The standard InChI is InChI=1S/C15H18N2O/c1-4-10(2)17-8-7-13-9-12(5-6-14(13)17)11(3)15(16)18/h5-10H,3-4H2,1-2H3,(H2,16,18). The third kappa shape index (κ3) is 2.04. The summed E-state index contributed by atoms with van der Waals surface area (Å²) in [6.45, 7) is 8.06. The van der Waals surface area contributed by atoms with Gasteiger partial charge in [-0.3, -0.25) is 4.79 Å². The molecule has 2 N–H and O–H groups in total. The highest BCUT2D eigenvalue weighted by atomic mass is 16.1. The number of rotatable bonds is 4. The number of benzene rings is 1. The van der Waals surface area contributed by atoms with Crippen LogP contribution >= 0.6 is 0 Å². The normalized spacial score (nSPS) is 12.6. The topological polar surface area (TPSA) is 48.0 Å². The molecule has 0 aliphatic carbocycles. The lowest BCUT2D eigenvalue weighted by atomic mass is 10.1. The number of fused-ring (bicyclic) bond motifs is 1. The highest BCUT2D eigenvalue weighted by molar-refractivity contribution is 6.18. The van der Waals surface area contributed by atoms with Crippen molar-refractivity contribution in [2.75, 3.05) is 0 Å². The third-order valence-electron chi connectivity index (χ3n) is 3.43. The molecule has 2 aromatic rings. The van der Waals surface area contributed by atoms with E-state index in [9.17, 15) is 4.79 Å². The summed E-state index contributed by atoms with van der Waals surface area (Å²) >= 11 is 0. The Bertz CT molecular complexity index is 610. The van der Waals surface area contributed by atoms with Crippen LogP contribution in [0.3, 0.4) is 0 Å². The van der Waals surface area contributed by atoms with E-state index < -0.39 is 5.91 Å². The molecule has 0 saturated carbocycles. The van der Waals surface area contributed by atoms with Crippen LogP contribution in [0.5, 0.6) is 0 Å². The zero-order chi connectivity index (χ0) is 13.3. The smallest absolute Gasteiger partial charge is 0.248 e. The zero-order valence-electron chi connectivity index (χ0n) is 10.8. The van der Waals surface area contributed by atoms with Gasteiger partial charge in [-0.1, -0.05) is 19.6 Å². The van der Waals surface area contributed by atoms with E-state index in [2.05, 4.69) is 37.3 Å². The fourth-order valence-corrected chi connectivity index (χ4v) is 2.08. The lowest BCUT2D eigenvalue weighted by Gasteiger charge is -2.13. The Morgan fingerprint density at radius 2 is 2.17 bits per heavy atom. The minimum atomic E-state index is -0.476. The molecule has 94 valence electrons. The molecule has 1 aromatic heterocycles. The van der Waals surface area contributed by atoms with Crippen LogP contribution in [0.4, 0.5) is 0 Å². The molecule has 18 heavy (non-hydrogen) atoms. The first-order valence-electron chi connectivity index (χ1n) is 6.14. The fourth-order valence-electron chi connectivity index (χ4n) is 2.08. The molecule has 3 nitrogen and oxygen atoms in total. The molecule has 1 aromatic carbocycles. The van der Waals surface area contributed by atoms with Crippen LogP contribution in [0.15, 0.2) is 37.0 Å². The van der Waals surface area contributed by atoms with Gasteiger partial charge in [-0.2, -0.15) is 0 Å². The first kappa shape index (κ1) is 12.4. The average molecular weight is 242 g/mol. The van der Waals surface area contributed by atoms with Crippen molar-refractivity contribution in [3.63, 3.8) is 0 Å². The van der Waals surface area contributed by atoms with Gasteiger partial charge < -0.3 is 10.3 Å². The Hall–Kier alpha value is -2.03. The number of primary amides is 1. The molecule has 0 radical (unpaired) electrons. The van der Waals surface area contributed by atoms with Gasteiger partial charge in [0.15, 0.2) is 0 Å². The minimum absolute atomic E-state index is 0.355. The number of carbonyl (C=O) groups is 1. The van der Waals surface area contributed by atoms with Crippen molar-refractivity contribution in [2.24, 2.45) is 5.73 Å². The van der Waals surface area contributed by atoms with Crippen LogP contribution < -0.4 is 5.73 Å². The summed E-state index contributed by atoms with van der Waals surface area (Å²) in [4.78, 5) is 11.1. The number of hydrogen-bond acceptors (Lipinski definition) is 1. The van der Waals surface area contributed by atoms with Crippen molar-refractivity contribution in [3.8, 4) is 0 Å². The summed E-state index contributed by atoms with van der Waals surface area (Å²) in [6.07, 6.45) is 3.16. The Balaban J connectivity index is 2.49. The quantitative estimate of drug-likeness (QED) is 0.823. The number of aromatic nitrogens is 1. The monoisotopic (exact) mass is 242 g/mol. The Morgan fingerprint density at radius 3 is 2.78 bits per heavy atom. The van der Waals surface area contributed by atoms with Gasteiger partial charge in [-0.05, 0) is 37.1 Å². The zero-order valence-corrected chi connectivity index (χ0v) is 10.8. The highest BCUT2D eigenvalue weighted by Gasteiger charge is 2.09. The molecule has 0 bridgehead atoms. The van der Waals surface area contributed by atoms with E-state index in [1.54, 1.807) is 0 Å². The van der Waals surface area contributed by atoms with Gasteiger partial charge in [0.1, 0.15) is 0 Å². The van der Waals surface area contributed by atoms with Crippen LogP contribution in [0, 0.1) is 0 Å².